The monoisotopic (exact) mass is 448 g/mol. The third-order valence-electron chi connectivity index (χ3n) is 5.62. The molecule has 5 nitrogen and oxygen atoms in total. The smallest absolute Gasteiger partial charge is 0.362 e. The van der Waals surface area contributed by atoms with Crippen molar-refractivity contribution in [1.82, 2.24) is 0 Å². The number of allylic oxidation sites excluding steroid dienone is 2. The lowest BCUT2D eigenvalue weighted by atomic mass is 10.0. The van der Waals surface area contributed by atoms with Gasteiger partial charge in [0, 0.05) is 0 Å². The number of nitrogens with zero attached hydrogens (tertiary/aromatic N) is 1. The maximum atomic E-state index is 11.8. The van der Waals surface area contributed by atoms with Crippen molar-refractivity contribution < 1.29 is 23.9 Å². The molecule has 0 aromatic carbocycles. The lowest BCUT2D eigenvalue weighted by Crippen LogP contribution is -2.49. The van der Waals surface area contributed by atoms with Crippen molar-refractivity contribution in [2.45, 2.75) is 115 Å². The summed E-state index contributed by atoms with van der Waals surface area (Å²) in [5, 5.41) is 8.62. The predicted octanol–water partition coefficient (Wildman–Crippen LogP) is 6.38. The standard InChI is InChI=1S/C24H50NO4P/c1-5-6-7-8-9-10-11-12-13-14-15-16-17-18-19-20-21-22-24(26,30(27,28)29)23-25(2,3)4/h6-7,26H,5,8-23H2,1-4H3,(H-,27,28,29)/p+1/b7-6-. The number of unbranched alkanes of at least 4 members (excludes halogenated alkanes) is 13. The molecule has 0 aliphatic heterocycles. The molecule has 0 aromatic heterocycles. The van der Waals surface area contributed by atoms with Crippen LogP contribution in [-0.2, 0) is 4.57 Å². The second-order valence-corrected chi connectivity index (χ2v) is 11.9. The van der Waals surface area contributed by atoms with Crippen LogP contribution in [0.3, 0.4) is 0 Å². The van der Waals surface area contributed by atoms with Gasteiger partial charge in [-0.3, -0.25) is 4.57 Å². The molecular weight excluding hydrogens is 397 g/mol. The summed E-state index contributed by atoms with van der Waals surface area (Å²) >= 11 is 0. The molecule has 180 valence electrons. The maximum absolute atomic E-state index is 11.8. The van der Waals surface area contributed by atoms with Crippen molar-refractivity contribution in [3.8, 4) is 0 Å². The van der Waals surface area contributed by atoms with Crippen molar-refractivity contribution in [1.29, 1.82) is 0 Å². The summed E-state index contributed by atoms with van der Waals surface area (Å²) in [6.07, 6.45) is 22.9. The van der Waals surface area contributed by atoms with Crippen molar-refractivity contribution in [3.05, 3.63) is 12.2 Å². The molecule has 0 aliphatic carbocycles. The van der Waals surface area contributed by atoms with Crippen LogP contribution in [0.5, 0.6) is 0 Å². The zero-order chi connectivity index (χ0) is 22.9. The van der Waals surface area contributed by atoms with E-state index in [1.54, 1.807) is 0 Å². The highest BCUT2D eigenvalue weighted by atomic mass is 31.2. The first-order chi connectivity index (χ1) is 14.0. The fraction of sp³-hybridized carbons (Fsp3) is 0.917. The molecule has 0 aromatic rings. The lowest BCUT2D eigenvalue weighted by Gasteiger charge is -2.35. The van der Waals surface area contributed by atoms with E-state index in [0.717, 1.165) is 19.3 Å². The molecule has 0 spiro atoms. The highest BCUT2D eigenvalue weighted by molar-refractivity contribution is 7.53. The SMILES string of the molecule is CC/C=C\CCCCCCCCCCCCCCCC(O)(C[N+](C)(C)C)P(=O)(O)O. The summed E-state index contributed by atoms with van der Waals surface area (Å²) in [5.74, 6) is 0. The minimum absolute atomic E-state index is 0.0627. The number of likely N-dealkylation sites (N-methyl/N-ethyl adjacent to an activating group) is 1. The van der Waals surface area contributed by atoms with Crippen LogP contribution in [0.1, 0.15) is 110 Å². The maximum Gasteiger partial charge on any atom is 0.362 e. The minimum atomic E-state index is -4.54. The number of hydrogen-bond acceptors (Lipinski definition) is 2. The van der Waals surface area contributed by atoms with E-state index in [2.05, 4.69) is 19.1 Å². The predicted molar refractivity (Wildman–Crippen MR) is 129 cm³/mol. The van der Waals surface area contributed by atoms with Gasteiger partial charge in [-0.2, -0.15) is 0 Å². The first-order valence-electron chi connectivity index (χ1n) is 12.3. The molecule has 0 bridgehead atoms. The molecule has 1 atom stereocenters. The van der Waals surface area contributed by atoms with Gasteiger partial charge in [-0.15, -0.1) is 0 Å². The molecule has 0 heterocycles. The van der Waals surface area contributed by atoms with Gasteiger partial charge in [0.2, 0.25) is 5.34 Å². The van der Waals surface area contributed by atoms with Crippen molar-refractivity contribution in [3.63, 3.8) is 0 Å². The molecule has 1 unspecified atom stereocenters. The first kappa shape index (κ1) is 29.8. The van der Waals surface area contributed by atoms with Crippen LogP contribution in [0.4, 0.5) is 0 Å². The Morgan fingerprint density at radius 3 is 1.50 bits per heavy atom. The summed E-state index contributed by atoms with van der Waals surface area (Å²) in [6.45, 7) is 2.24. The third-order valence-corrected chi connectivity index (χ3v) is 7.07. The van der Waals surface area contributed by atoms with Gasteiger partial charge < -0.3 is 19.4 Å². The Morgan fingerprint density at radius 2 is 1.13 bits per heavy atom. The van der Waals surface area contributed by atoms with E-state index >= 15 is 0 Å². The van der Waals surface area contributed by atoms with Crippen LogP contribution in [0.25, 0.3) is 0 Å². The zero-order valence-corrected chi connectivity index (χ0v) is 21.2. The van der Waals surface area contributed by atoms with Gasteiger partial charge in [0.15, 0.2) is 0 Å². The molecule has 0 aliphatic rings. The molecule has 0 saturated carbocycles. The largest absolute Gasteiger partial charge is 0.373 e. The molecule has 0 saturated heterocycles. The average Bonchev–Trinajstić information content (AvgIpc) is 2.62. The van der Waals surface area contributed by atoms with Gasteiger partial charge >= 0.3 is 7.60 Å². The lowest BCUT2D eigenvalue weighted by molar-refractivity contribution is -0.875. The Bertz CT molecular complexity index is 484. The topological polar surface area (TPSA) is 77.8 Å². The first-order valence-corrected chi connectivity index (χ1v) is 13.9. The second-order valence-electron chi connectivity index (χ2n) is 9.99. The minimum Gasteiger partial charge on any atom is -0.373 e. The fourth-order valence-corrected chi connectivity index (χ4v) is 5.03. The van der Waals surface area contributed by atoms with Crippen molar-refractivity contribution in [2.24, 2.45) is 0 Å². The van der Waals surface area contributed by atoms with Crippen LogP contribution < -0.4 is 0 Å². The molecule has 30 heavy (non-hydrogen) atoms. The third kappa shape index (κ3) is 16.5. The van der Waals surface area contributed by atoms with Gasteiger partial charge in [0.05, 0.1) is 21.1 Å². The molecule has 0 amide bonds. The Kier molecular flexibility index (Phi) is 16.3. The van der Waals surface area contributed by atoms with Gasteiger partial charge in [-0.25, -0.2) is 0 Å². The van der Waals surface area contributed by atoms with E-state index in [1.165, 1.54) is 70.6 Å². The number of quaternary nitrogens is 1. The second kappa shape index (κ2) is 16.4. The number of rotatable bonds is 20. The van der Waals surface area contributed by atoms with Crippen LogP contribution in [0.15, 0.2) is 12.2 Å². The van der Waals surface area contributed by atoms with Gasteiger partial charge in [-0.1, -0.05) is 89.7 Å². The van der Waals surface area contributed by atoms with E-state index in [-0.39, 0.29) is 13.0 Å². The van der Waals surface area contributed by atoms with Gasteiger partial charge in [-0.05, 0) is 32.1 Å². The molecule has 3 N–H and O–H groups in total. The summed E-state index contributed by atoms with van der Waals surface area (Å²) in [4.78, 5) is 19.2. The van der Waals surface area contributed by atoms with Crippen LogP contribution in [0, 0.1) is 0 Å². The molecule has 0 radical (unpaired) electrons. The summed E-state index contributed by atoms with van der Waals surface area (Å²) in [6, 6.07) is 0. The number of hydrogen-bond donors (Lipinski definition) is 3. The van der Waals surface area contributed by atoms with E-state index in [0.29, 0.717) is 10.9 Å². The average molecular weight is 449 g/mol. The Labute approximate surface area is 186 Å². The molecule has 0 rings (SSSR count). The van der Waals surface area contributed by atoms with E-state index in [9.17, 15) is 19.5 Å². The van der Waals surface area contributed by atoms with Crippen LogP contribution >= 0.6 is 7.60 Å². The van der Waals surface area contributed by atoms with E-state index in [4.69, 9.17) is 0 Å². The van der Waals surface area contributed by atoms with Gasteiger partial charge in [0.25, 0.3) is 0 Å². The quantitative estimate of drug-likeness (QED) is 0.0874. The normalized spacial score (nSPS) is 15.0. The zero-order valence-electron chi connectivity index (χ0n) is 20.3. The van der Waals surface area contributed by atoms with Crippen LogP contribution in [0.2, 0.25) is 0 Å². The van der Waals surface area contributed by atoms with Crippen LogP contribution in [-0.4, -0.2) is 52.4 Å². The Morgan fingerprint density at radius 1 is 0.733 bits per heavy atom. The highest BCUT2D eigenvalue weighted by Gasteiger charge is 2.48. The van der Waals surface area contributed by atoms with Crippen molar-refractivity contribution in [2.75, 3.05) is 27.7 Å². The van der Waals surface area contributed by atoms with Gasteiger partial charge in [0.1, 0.15) is 6.54 Å². The fourth-order valence-electron chi connectivity index (χ4n) is 3.98. The van der Waals surface area contributed by atoms with Crippen molar-refractivity contribution >= 4 is 7.60 Å². The summed E-state index contributed by atoms with van der Waals surface area (Å²) < 4.78 is 12.1. The summed E-state index contributed by atoms with van der Waals surface area (Å²) in [7, 11) is 0.982. The molecule has 0 fully saturated rings. The van der Waals surface area contributed by atoms with E-state index in [1.807, 2.05) is 21.1 Å². The molecular formula is C24H51NO4P+. The Hall–Kier alpha value is -0.190. The van der Waals surface area contributed by atoms with E-state index < -0.39 is 12.9 Å². The number of aliphatic hydroxyl groups is 1. The highest BCUT2D eigenvalue weighted by Crippen LogP contribution is 2.52. The molecule has 6 heteroatoms. The summed E-state index contributed by atoms with van der Waals surface area (Å²) in [5.41, 5.74) is 0. The Balaban J connectivity index is 3.61.